The van der Waals surface area contributed by atoms with Gasteiger partial charge < -0.3 is 9.13 Å². The molecule has 0 fully saturated rings. The van der Waals surface area contributed by atoms with Crippen molar-refractivity contribution < 1.29 is 0 Å². The molecular formula is C30H38N2S4. The third kappa shape index (κ3) is 5.87. The molecule has 0 atom stereocenters. The molecule has 0 N–H and O–H groups in total. The van der Waals surface area contributed by atoms with E-state index >= 15 is 0 Å². The van der Waals surface area contributed by atoms with E-state index in [1.165, 1.54) is 64.2 Å². The van der Waals surface area contributed by atoms with Crippen molar-refractivity contribution >= 4 is 81.2 Å². The highest BCUT2D eigenvalue weighted by molar-refractivity contribution is 7.72. The number of unbranched alkanes of at least 4 members (excludes halogenated alkanes) is 10. The molecule has 0 radical (unpaired) electrons. The summed E-state index contributed by atoms with van der Waals surface area (Å²) in [5, 5.41) is 6.66. The highest BCUT2D eigenvalue weighted by atomic mass is 32.1. The minimum absolute atomic E-state index is 0.869. The molecule has 0 aliphatic rings. The molecule has 2 nitrogen and oxygen atoms in total. The zero-order valence-corrected chi connectivity index (χ0v) is 25.0. The molecular weight excluding hydrogens is 517 g/mol. The Labute approximate surface area is 236 Å². The Bertz CT molecular complexity index is 1340. The highest BCUT2D eigenvalue weighted by Gasteiger charge is 2.13. The second-order valence-corrected chi connectivity index (χ2v) is 11.7. The summed E-state index contributed by atoms with van der Waals surface area (Å²) in [6.45, 7) is 6.33. The van der Waals surface area contributed by atoms with E-state index in [0.29, 0.717) is 0 Å². The van der Waals surface area contributed by atoms with Crippen molar-refractivity contribution in [1.29, 1.82) is 0 Å². The van der Waals surface area contributed by atoms with Crippen molar-refractivity contribution in [2.24, 2.45) is 0 Å². The first-order valence-electron chi connectivity index (χ1n) is 13.8. The Hall–Kier alpha value is -1.34. The van der Waals surface area contributed by atoms with Crippen LogP contribution in [-0.2, 0) is 13.1 Å². The average Bonchev–Trinajstić information content (AvgIpc) is 3.24. The Morgan fingerprint density at radius 2 is 0.722 bits per heavy atom. The highest BCUT2D eigenvalue weighted by Crippen LogP contribution is 2.32. The van der Waals surface area contributed by atoms with Crippen LogP contribution in [-0.4, -0.2) is 9.13 Å². The van der Waals surface area contributed by atoms with Gasteiger partial charge in [-0.3, -0.25) is 0 Å². The topological polar surface area (TPSA) is 9.86 Å². The van der Waals surface area contributed by atoms with E-state index in [0.717, 1.165) is 76.8 Å². The third-order valence-corrected chi connectivity index (χ3v) is 9.25. The summed E-state index contributed by atoms with van der Waals surface area (Å²) in [7, 11) is 0. The van der Waals surface area contributed by atoms with Crippen LogP contribution in [0.4, 0.5) is 0 Å². The van der Waals surface area contributed by atoms with E-state index in [1.54, 1.807) is 0 Å². The van der Waals surface area contributed by atoms with Crippen LogP contribution in [0.2, 0.25) is 0 Å². The van der Waals surface area contributed by atoms with Gasteiger partial charge in [-0.1, -0.05) is 127 Å². The fraction of sp³-hybridized carbons (Fsp3) is 0.533. The van der Waals surface area contributed by atoms with Crippen LogP contribution in [0.15, 0.2) is 24.3 Å². The maximum absolute atomic E-state index is 5.88. The van der Waals surface area contributed by atoms with Gasteiger partial charge in [0.05, 0.1) is 0 Å². The third-order valence-electron chi connectivity index (χ3n) is 7.49. The summed E-state index contributed by atoms with van der Waals surface area (Å²) in [5.41, 5.74) is 0. The van der Waals surface area contributed by atoms with Gasteiger partial charge in [0, 0.05) is 34.6 Å². The van der Waals surface area contributed by atoms with Crippen molar-refractivity contribution in [1.82, 2.24) is 9.13 Å². The van der Waals surface area contributed by atoms with Gasteiger partial charge in [0.25, 0.3) is 0 Å². The van der Waals surface area contributed by atoms with E-state index in [2.05, 4.69) is 47.2 Å². The number of rotatable bonds is 14. The molecule has 0 saturated heterocycles. The second kappa shape index (κ2) is 12.9. The molecule has 192 valence electrons. The Balaban J connectivity index is 1.61. The summed E-state index contributed by atoms with van der Waals surface area (Å²) >= 11 is 23.5. The van der Waals surface area contributed by atoms with Crippen LogP contribution < -0.4 is 0 Å². The predicted octanol–water partition coefficient (Wildman–Crippen LogP) is 11.3. The number of fused-ring (bicyclic) bond motifs is 3. The zero-order chi connectivity index (χ0) is 25.7. The van der Waals surface area contributed by atoms with Gasteiger partial charge in [0.15, 0.2) is 0 Å². The largest absolute Gasteiger partial charge is 0.323 e. The molecule has 0 bridgehead atoms. The molecule has 2 aromatic carbocycles. The SMILES string of the molecule is CCCCCCCCn1c(=S)c2cc3cc4c(=S)n(CCCCCCCC)c(=S)c4cc3cc2c1=S. The molecule has 36 heavy (non-hydrogen) atoms. The molecule has 0 saturated carbocycles. The lowest BCUT2D eigenvalue weighted by Crippen LogP contribution is -1.97. The van der Waals surface area contributed by atoms with Gasteiger partial charge in [-0.15, -0.1) is 0 Å². The smallest absolute Gasteiger partial charge is 0.115 e. The molecule has 0 amide bonds. The maximum Gasteiger partial charge on any atom is 0.115 e. The summed E-state index contributed by atoms with van der Waals surface area (Å²) < 4.78 is 7.81. The number of hydrogen-bond donors (Lipinski definition) is 0. The van der Waals surface area contributed by atoms with Crippen LogP contribution >= 0.6 is 48.9 Å². The zero-order valence-electron chi connectivity index (χ0n) is 21.7. The van der Waals surface area contributed by atoms with Gasteiger partial charge in [-0.25, -0.2) is 0 Å². The quantitative estimate of drug-likeness (QED) is 0.113. The van der Waals surface area contributed by atoms with Crippen LogP contribution in [0.3, 0.4) is 0 Å². The molecule has 0 aliphatic carbocycles. The molecule has 2 heterocycles. The summed E-state index contributed by atoms with van der Waals surface area (Å²) in [4.78, 5) is 0. The van der Waals surface area contributed by atoms with Crippen LogP contribution in [0.1, 0.15) is 90.9 Å². The van der Waals surface area contributed by atoms with Gasteiger partial charge in [0.1, 0.15) is 18.6 Å². The van der Waals surface area contributed by atoms with Crippen LogP contribution in [0, 0.1) is 18.6 Å². The average molecular weight is 555 g/mol. The van der Waals surface area contributed by atoms with Crippen LogP contribution in [0.5, 0.6) is 0 Å². The lowest BCUT2D eigenvalue weighted by molar-refractivity contribution is 0.555. The molecule has 4 rings (SSSR count). The number of aromatic nitrogens is 2. The molecule has 0 aliphatic heterocycles. The first-order chi connectivity index (χ1) is 17.5. The number of hydrogen-bond acceptors (Lipinski definition) is 4. The molecule has 0 spiro atoms. The van der Waals surface area contributed by atoms with Gasteiger partial charge in [0.2, 0.25) is 0 Å². The minimum Gasteiger partial charge on any atom is -0.323 e. The Morgan fingerprint density at radius 1 is 0.444 bits per heavy atom. The van der Waals surface area contributed by atoms with E-state index in [9.17, 15) is 0 Å². The normalized spacial score (nSPS) is 11.9. The summed E-state index contributed by atoms with van der Waals surface area (Å²) in [5.74, 6) is 0. The lowest BCUT2D eigenvalue weighted by atomic mass is 10.0. The van der Waals surface area contributed by atoms with Crippen molar-refractivity contribution in [2.75, 3.05) is 0 Å². The fourth-order valence-corrected chi connectivity index (χ4v) is 6.85. The van der Waals surface area contributed by atoms with E-state index in [-0.39, 0.29) is 0 Å². The van der Waals surface area contributed by atoms with E-state index < -0.39 is 0 Å². The summed E-state index contributed by atoms with van der Waals surface area (Å²) in [6, 6.07) is 8.84. The lowest BCUT2D eigenvalue weighted by Gasteiger charge is -2.03. The van der Waals surface area contributed by atoms with Crippen molar-refractivity contribution in [3.05, 3.63) is 42.8 Å². The van der Waals surface area contributed by atoms with Crippen molar-refractivity contribution in [3.63, 3.8) is 0 Å². The first kappa shape index (κ1) is 27.7. The standard InChI is InChI=1S/C30H38N2S4/c1-3-5-7-9-11-13-15-31-27(33)23-17-21-19-25-26(20-22(21)18-24(23)28(31)34)30(36)32(29(25)35)16-14-12-10-8-6-4-2/h17-20H,3-16H2,1-2H3. The van der Waals surface area contributed by atoms with Gasteiger partial charge in [-0.2, -0.15) is 0 Å². The maximum atomic E-state index is 5.88. The van der Waals surface area contributed by atoms with Crippen LogP contribution in [0.25, 0.3) is 32.3 Å². The molecule has 6 heteroatoms. The number of benzene rings is 2. The van der Waals surface area contributed by atoms with E-state index in [1.807, 2.05) is 0 Å². The molecule has 2 aromatic heterocycles. The first-order valence-corrected chi connectivity index (χ1v) is 15.4. The van der Waals surface area contributed by atoms with Crippen molar-refractivity contribution in [3.8, 4) is 0 Å². The van der Waals surface area contributed by atoms with Gasteiger partial charge >= 0.3 is 0 Å². The molecule has 0 unspecified atom stereocenters. The monoisotopic (exact) mass is 554 g/mol. The second-order valence-electron chi connectivity index (χ2n) is 10.2. The van der Waals surface area contributed by atoms with Crippen molar-refractivity contribution in [2.45, 2.75) is 104 Å². The Kier molecular flexibility index (Phi) is 9.96. The summed E-state index contributed by atoms with van der Waals surface area (Å²) in [6.07, 6.45) is 15.2. The molecule has 4 aromatic rings. The Morgan fingerprint density at radius 3 is 1.03 bits per heavy atom. The number of nitrogens with zero attached hydrogens (tertiary/aromatic N) is 2. The minimum atomic E-state index is 0.869. The van der Waals surface area contributed by atoms with E-state index in [4.69, 9.17) is 48.9 Å². The predicted molar refractivity (Wildman–Crippen MR) is 167 cm³/mol. The van der Waals surface area contributed by atoms with Gasteiger partial charge in [-0.05, 0) is 47.9 Å². The fourth-order valence-electron chi connectivity index (χ4n) is 5.33.